The topological polar surface area (TPSA) is 90.5 Å². The average molecular weight is 431 g/mol. The molecule has 0 atom stereocenters. The van der Waals surface area contributed by atoms with Gasteiger partial charge in [-0.15, -0.1) is 16.4 Å². The van der Waals surface area contributed by atoms with Gasteiger partial charge in [-0.2, -0.15) is 5.10 Å². The van der Waals surface area contributed by atoms with Crippen molar-refractivity contribution in [2.75, 3.05) is 5.32 Å². The summed E-state index contributed by atoms with van der Waals surface area (Å²) in [4.78, 5) is 22.0. The summed E-state index contributed by atoms with van der Waals surface area (Å²) in [5.41, 5.74) is 2.01. The van der Waals surface area contributed by atoms with Crippen LogP contribution >= 0.6 is 11.3 Å². The van der Waals surface area contributed by atoms with E-state index in [-0.39, 0.29) is 11.6 Å². The summed E-state index contributed by atoms with van der Waals surface area (Å²) >= 11 is 1.47. The average Bonchev–Trinajstić information content (AvgIpc) is 3.56. The molecule has 0 aliphatic heterocycles. The lowest BCUT2D eigenvalue weighted by molar-refractivity contribution is 0.101. The quantitative estimate of drug-likeness (QED) is 0.455. The molecule has 0 aliphatic rings. The summed E-state index contributed by atoms with van der Waals surface area (Å²) in [6.07, 6.45) is 3.04. The second-order valence-electron chi connectivity index (χ2n) is 6.47. The first kappa shape index (κ1) is 18.8. The van der Waals surface area contributed by atoms with E-state index in [1.165, 1.54) is 34.5 Å². The lowest BCUT2D eigenvalue weighted by Crippen LogP contribution is -2.14. The molecule has 0 saturated heterocycles. The number of thiophene rings is 1. The number of aromatic nitrogens is 6. The van der Waals surface area contributed by atoms with Crippen molar-refractivity contribution in [1.29, 1.82) is 0 Å². The summed E-state index contributed by atoms with van der Waals surface area (Å²) in [6, 6.07) is 16.8. The van der Waals surface area contributed by atoms with Crippen LogP contribution in [0.5, 0.6) is 0 Å². The fourth-order valence-corrected chi connectivity index (χ4v) is 3.66. The Bertz CT molecular complexity index is 1310. The maximum Gasteiger partial charge on any atom is 0.295 e. The molecule has 1 N–H and O–H groups in total. The monoisotopic (exact) mass is 431 g/mol. The maximum atomic E-state index is 13.4. The number of halogens is 1. The van der Waals surface area contributed by atoms with E-state index in [1.54, 1.807) is 35.3 Å². The standard InChI is InChI=1S/C21H14FN7OS/c22-14-3-7-17(8-4-14)29-20(18-2-1-11-31-18)26-19(27-29)21(30)25-15-5-9-16(10-6-15)28-13-23-12-24-28/h1-13H,(H,25,30). The summed E-state index contributed by atoms with van der Waals surface area (Å²) in [5.74, 6) is -0.289. The molecule has 0 saturated carbocycles. The zero-order valence-electron chi connectivity index (χ0n) is 15.9. The van der Waals surface area contributed by atoms with Gasteiger partial charge in [0.05, 0.1) is 16.3 Å². The van der Waals surface area contributed by atoms with E-state index in [4.69, 9.17) is 0 Å². The van der Waals surface area contributed by atoms with Gasteiger partial charge in [-0.3, -0.25) is 4.79 Å². The predicted octanol–water partition coefficient (Wildman–Crippen LogP) is 3.97. The van der Waals surface area contributed by atoms with Crippen molar-refractivity contribution in [3.63, 3.8) is 0 Å². The lowest BCUT2D eigenvalue weighted by atomic mass is 10.3. The van der Waals surface area contributed by atoms with E-state index in [2.05, 4.69) is 25.5 Å². The molecule has 8 nitrogen and oxygen atoms in total. The number of carbonyl (C=O) groups excluding carboxylic acids is 1. The Labute approximate surface area is 179 Å². The first-order valence-electron chi connectivity index (χ1n) is 9.21. The Morgan fingerprint density at radius 2 is 1.77 bits per heavy atom. The third kappa shape index (κ3) is 3.83. The van der Waals surface area contributed by atoms with Crippen molar-refractivity contribution >= 4 is 22.9 Å². The molecule has 5 aromatic rings. The molecular formula is C21H14FN7OS. The van der Waals surface area contributed by atoms with Crippen LogP contribution in [0.3, 0.4) is 0 Å². The van der Waals surface area contributed by atoms with Crippen LogP contribution in [0.4, 0.5) is 10.1 Å². The third-order valence-corrected chi connectivity index (χ3v) is 5.30. The number of hydrogen-bond donors (Lipinski definition) is 1. The molecule has 0 unspecified atom stereocenters. The van der Waals surface area contributed by atoms with Crippen LogP contribution in [0.1, 0.15) is 10.6 Å². The largest absolute Gasteiger partial charge is 0.319 e. The Morgan fingerprint density at radius 1 is 1.00 bits per heavy atom. The first-order valence-corrected chi connectivity index (χ1v) is 10.1. The summed E-state index contributed by atoms with van der Waals surface area (Å²) < 4.78 is 16.5. The highest BCUT2D eigenvalue weighted by Gasteiger charge is 2.19. The molecule has 3 heterocycles. The molecule has 31 heavy (non-hydrogen) atoms. The van der Waals surface area contributed by atoms with Crippen molar-refractivity contribution in [3.05, 3.63) is 90.3 Å². The minimum atomic E-state index is -0.452. The van der Waals surface area contributed by atoms with Crippen LogP contribution < -0.4 is 5.32 Å². The van der Waals surface area contributed by atoms with Gasteiger partial charge in [-0.1, -0.05) is 6.07 Å². The van der Waals surface area contributed by atoms with E-state index >= 15 is 0 Å². The molecule has 2 aromatic carbocycles. The van der Waals surface area contributed by atoms with Crippen LogP contribution in [-0.4, -0.2) is 35.4 Å². The number of carbonyl (C=O) groups is 1. The summed E-state index contributed by atoms with van der Waals surface area (Å²) in [7, 11) is 0. The van der Waals surface area contributed by atoms with Gasteiger partial charge in [0.1, 0.15) is 18.5 Å². The molecule has 5 rings (SSSR count). The Balaban J connectivity index is 1.44. The Morgan fingerprint density at radius 3 is 2.45 bits per heavy atom. The van der Waals surface area contributed by atoms with Gasteiger partial charge in [0.25, 0.3) is 5.91 Å². The van der Waals surface area contributed by atoms with Gasteiger partial charge in [-0.05, 0) is 60.0 Å². The maximum absolute atomic E-state index is 13.4. The minimum Gasteiger partial charge on any atom is -0.319 e. The second-order valence-corrected chi connectivity index (χ2v) is 7.41. The number of hydrogen-bond acceptors (Lipinski definition) is 6. The zero-order chi connectivity index (χ0) is 21.2. The molecule has 1 amide bonds. The Hall–Kier alpha value is -4.18. The number of rotatable bonds is 5. The van der Waals surface area contributed by atoms with E-state index in [1.807, 2.05) is 29.6 Å². The highest BCUT2D eigenvalue weighted by atomic mass is 32.1. The van der Waals surface area contributed by atoms with E-state index in [0.29, 0.717) is 17.2 Å². The van der Waals surface area contributed by atoms with Gasteiger partial charge in [-0.25, -0.2) is 23.7 Å². The van der Waals surface area contributed by atoms with Crippen LogP contribution in [-0.2, 0) is 0 Å². The first-order chi connectivity index (χ1) is 15.2. The molecular weight excluding hydrogens is 417 g/mol. The van der Waals surface area contributed by atoms with Gasteiger partial charge in [0, 0.05) is 5.69 Å². The second kappa shape index (κ2) is 7.92. The summed E-state index contributed by atoms with van der Waals surface area (Å²) in [5, 5.41) is 13.2. The van der Waals surface area contributed by atoms with Crippen LogP contribution in [0.2, 0.25) is 0 Å². The molecule has 0 spiro atoms. The highest BCUT2D eigenvalue weighted by molar-refractivity contribution is 7.13. The molecule has 3 aromatic heterocycles. The Kier molecular flexibility index (Phi) is 4.81. The highest BCUT2D eigenvalue weighted by Crippen LogP contribution is 2.26. The molecule has 152 valence electrons. The fourth-order valence-electron chi connectivity index (χ4n) is 2.96. The van der Waals surface area contributed by atoms with Crippen molar-refractivity contribution in [2.45, 2.75) is 0 Å². The fraction of sp³-hybridized carbons (Fsp3) is 0. The number of nitrogens with one attached hydrogen (secondary N) is 1. The van der Waals surface area contributed by atoms with Crippen LogP contribution in [0.25, 0.3) is 22.1 Å². The lowest BCUT2D eigenvalue weighted by Gasteiger charge is -2.05. The minimum absolute atomic E-state index is 0.00748. The van der Waals surface area contributed by atoms with Gasteiger partial charge < -0.3 is 5.32 Å². The molecule has 0 bridgehead atoms. The molecule has 0 radical (unpaired) electrons. The molecule has 0 fully saturated rings. The van der Waals surface area contributed by atoms with Crippen LogP contribution in [0.15, 0.2) is 78.7 Å². The molecule has 0 aliphatic carbocycles. The zero-order valence-corrected chi connectivity index (χ0v) is 16.7. The summed E-state index contributed by atoms with van der Waals surface area (Å²) in [6.45, 7) is 0. The van der Waals surface area contributed by atoms with E-state index < -0.39 is 5.91 Å². The number of anilines is 1. The molecule has 10 heteroatoms. The van der Waals surface area contributed by atoms with Gasteiger partial charge in [0.15, 0.2) is 5.82 Å². The van der Waals surface area contributed by atoms with Crippen molar-refractivity contribution in [1.82, 2.24) is 29.5 Å². The number of nitrogens with zero attached hydrogens (tertiary/aromatic N) is 6. The van der Waals surface area contributed by atoms with Crippen molar-refractivity contribution in [3.8, 4) is 22.1 Å². The predicted molar refractivity (Wildman–Crippen MR) is 114 cm³/mol. The van der Waals surface area contributed by atoms with Crippen molar-refractivity contribution < 1.29 is 9.18 Å². The number of benzene rings is 2. The smallest absolute Gasteiger partial charge is 0.295 e. The SMILES string of the molecule is O=C(Nc1ccc(-n2cncn2)cc1)c1nc(-c2cccs2)n(-c2ccc(F)cc2)n1. The van der Waals surface area contributed by atoms with E-state index in [9.17, 15) is 9.18 Å². The van der Waals surface area contributed by atoms with Crippen LogP contribution in [0, 0.1) is 5.82 Å². The van der Waals surface area contributed by atoms with Crippen molar-refractivity contribution in [2.24, 2.45) is 0 Å². The van der Waals surface area contributed by atoms with Gasteiger partial charge >= 0.3 is 0 Å². The van der Waals surface area contributed by atoms with Gasteiger partial charge in [0.2, 0.25) is 5.82 Å². The third-order valence-electron chi connectivity index (χ3n) is 4.43. The van der Waals surface area contributed by atoms with E-state index in [0.717, 1.165) is 10.6 Å². The normalized spacial score (nSPS) is 10.9. The number of amides is 1.